The molecule has 7 heteroatoms. The number of aliphatic hydroxyl groups excluding tert-OH is 1. The van der Waals surface area contributed by atoms with E-state index in [-0.39, 0.29) is 19.4 Å². The van der Waals surface area contributed by atoms with Crippen LogP contribution < -0.4 is 0 Å². The first-order valence-electron chi connectivity index (χ1n) is 7.73. The van der Waals surface area contributed by atoms with Crippen LogP contribution in [0.2, 0.25) is 0 Å². The van der Waals surface area contributed by atoms with Gasteiger partial charge in [0.2, 0.25) is 0 Å². The van der Waals surface area contributed by atoms with Gasteiger partial charge in [-0.3, -0.25) is 14.5 Å². The maximum Gasteiger partial charge on any atom is 0.303 e. The van der Waals surface area contributed by atoms with Gasteiger partial charge in [-0.15, -0.1) is 0 Å². The molecule has 0 aromatic carbocycles. The number of nitriles is 1. The molecule has 0 bridgehead atoms. The number of aliphatic carboxylic acids is 2. The molecule has 130 valence electrons. The Morgan fingerprint density at radius 1 is 1.22 bits per heavy atom. The fraction of sp³-hybridized carbons (Fsp3) is 0.688. The summed E-state index contributed by atoms with van der Waals surface area (Å²) >= 11 is 0. The Balaban J connectivity index is 0.000000438. The number of carboxylic acid groups (broad SMARTS) is 2. The lowest BCUT2D eigenvalue weighted by molar-refractivity contribution is -0.139. The summed E-state index contributed by atoms with van der Waals surface area (Å²) in [4.78, 5) is 22.0. The summed E-state index contributed by atoms with van der Waals surface area (Å²) in [5, 5.41) is 33.8. The standard InChI is InChI=1S/C10H16N2O.C6H10O4/c1-9(5-11)6-12-4-2-3-10(7-12)8-13;7-5(8)3-1-2-4-6(9)10/h10,13H,1-4,6-8H2;1-4H2,(H,7,8)(H,9,10). The van der Waals surface area contributed by atoms with Crippen molar-refractivity contribution in [2.45, 2.75) is 38.5 Å². The van der Waals surface area contributed by atoms with E-state index in [0.717, 1.165) is 25.9 Å². The van der Waals surface area contributed by atoms with E-state index in [1.54, 1.807) is 0 Å². The molecule has 0 amide bonds. The average Bonchev–Trinajstić information content (AvgIpc) is 2.52. The Bertz CT molecular complexity index is 415. The molecule has 1 atom stereocenters. The van der Waals surface area contributed by atoms with Crippen LogP contribution in [0, 0.1) is 17.2 Å². The number of carboxylic acids is 2. The average molecular weight is 326 g/mol. The molecule has 1 unspecified atom stereocenters. The zero-order valence-electron chi connectivity index (χ0n) is 13.4. The highest BCUT2D eigenvalue weighted by Crippen LogP contribution is 2.16. The number of rotatable bonds is 8. The zero-order chi connectivity index (χ0) is 17.7. The molecule has 0 spiro atoms. The van der Waals surface area contributed by atoms with E-state index >= 15 is 0 Å². The Morgan fingerprint density at radius 2 is 1.78 bits per heavy atom. The Morgan fingerprint density at radius 3 is 2.22 bits per heavy atom. The van der Waals surface area contributed by atoms with Crippen LogP contribution in [0.25, 0.3) is 0 Å². The molecule has 0 aromatic heterocycles. The van der Waals surface area contributed by atoms with Crippen molar-refractivity contribution < 1.29 is 24.9 Å². The number of aliphatic hydroxyl groups is 1. The third-order valence-electron chi connectivity index (χ3n) is 3.47. The monoisotopic (exact) mass is 326 g/mol. The van der Waals surface area contributed by atoms with Gasteiger partial charge in [0.15, 0.2) is 0 Å². The number of nitrogens with zero attached hydrogens (tertiary/aromatic N) is 2. The van der Waals surface area contributed by atoms with E-state index < -0.39 is 11.9 Å². The fourth-order valence-corrected chi connectivity index (χ4v) is 2.30. The number of likely N-dealkylation sites (tertiary alicyclic amines) is 1. The summed E-state index contributed by atoms with van der Waals surface area (Å²) in [7, 11) is 0. The molecule has 0 aromatic rings. The minimum absolute atomic E-state index is 0.0628. The maximum atomic E-state index is 9.90. The van der Waals surface area contributed by atoms with E-state index in [2.05, 4.69) is 11.5 Å². The summed E-state index contributed by atoms with van der Waals surface area (Å²) in [6.45, 7) is 6.50. The molecule has 1 aliphatic heterocycles. The summed E-state index contributed by atoms with van der Waals surface area (Å²) in [5.41, 5.74) is 0.610. The number of hydrogen-bond acceptors (Lipinski definition) is 5. The van der Waals surface area contributed by atoms with Gasteiger partial charge >= 0.3 is 11.9 Å². The summed E-state index contributed by atoms with van der Waals surface area (Å²) in [6.07, 6.45) is 3.24. The largest absolute Gasteiger partial charge is 0.481 e. The number of unbranched alkanes of at least 4 members (excludes halogenated alkanes) is 1. The van der Waals surface area contributed by atoms with E-state index in [9.17, 15) is 9.59 Å². The van der Waals surface area contributed by atoms with E-state index in [1.807, 2.05) is 6.07 Å². The fourth-order valence-electron chi connectivity index (χ4n) is 2.30. The van der Waals surface area contributed by atoms with Gasteiger partial charge < -0.3 is 15.3 Å². The summed E-state index contributed by atoms with van der Waals surface area (Å²) in [6, 6.07) is 2.05. The first kappa shape index (κ1) is 21.1. The van der Waals surface area contributed by atoms with Crippen LogP contribution in [-0.4, -0.2) is 58.4 Å². The van der Waals surface area contributed by atoms with Crippen molar-refractivity contribution in [1.29, 1.82) is 5.26 Å². The second-order valence-electron chi connectivity index (χ2n) is 5.64. The number of carbonyl (C=O) groups is 2. The van der Waals surface area contributed by atoms with Crippen molar-refractivity contribution in [3.05, 3.63) is 12.2 Å². The molecule has 23 heavy (non-hydrogen) atoms. The molecule has 1 saturated heterocycles. The smallest absolute Gasteiger partial charge is 0.303 e. The highest BCUT2D eigenvalue weighted by atomic mass is 16.4. The third kappa shape index (κ3) is 12.3. The van der Waals surface area contributed by atoms with Crippen molar-refractivity contribution in [3.63, 3.8) is 0 Å². The highest BCUT2D eigenvalue weighted by Gasteiger charge is 2.19. The van der Waals surface area contributed by atoms with Crippen LogP contribution in [0.5, 0.6) is 0 Å². The first-order valence-corrected chi connectivity index (χ1v) is 7.73. The normalized spacial score (nSPS) is 17.5. The van der Waals surface area contributed by atoms with Crippen LogP contribution >= 0.6 is 0 Å². The molecule has 1 aliphatic rings. The minimum Gasteiger partial charge on any atom is -0.481 e. The van der Waals surface area contributed by atoms with Crippen LogP contribution in [0.1, 0.15) is 38.5 Å². The van der Waals surface area contributed by atoms with Gasteiger partial charge in [0.1, 0.15) is 0 Å². The predicted molar refractivity (Wildman–Crippen MR) is 84.7 cm³/mol. The van der Waals surface area contributed by atoms with Gasteiger partial charge in [-0.1, -0.05) is 6.58 Å². The lowest BCUT2D eigenvalue weighted by atomic mass is 9.99. The molecule has 7 nitrogen and oxygen atoms in total. The van der Waals surface area contributed by atoms with Gasteiger partial charge in [0, 0.05) is 38.1 Å². The Labute approximate surface area is 136 Å². The SMILES string of the molecule is C=C(C#N)CN1CCCC(CO)C1.O=C(O)CCCCC(=O)O. The second-order valence-corrected chi connectivity index (χ2v) is 5.64. The minimum atomic E-state index is -0.870. The van der Waals surface area contributed by atoms with Crippen molar-refractivity contribution in [1.82, 2.24) is 4.90 Å². The van der Waals surface area contributed by atoms with Crippen LogP contribution in [-0.2, 0) is 9.59 Å². The number of piperidine rings is 1. The molecular weight excluding hydrogens is 300 g/mol. The summed E-state index contributed by atoms with van der Waals surface area (Å²) in [5.74, 6) is -1.35. The lowest BCUT2D eigenvalue weighted by Crippen LogP contribution is -2.37. The molecule has 0 aliphatic carbocycles. The van der Waals surface area contributed by atoms with Gasteiger partial charge in [-0.2, -0.15) is 5.26 Å². The second kappa shape index (κ2) is 12.6. The van der Waals surface area contributed by atoms with Crippen molar-refractivity contribution in [3.8, 4) is 6.07 Å². The number of hydrogen-bond donors (Lipinski definition) is 3. The quantitative estimate of drug-likeness (QED) is 0.456. The van der Waals surface area contributed by atoms with Gasteiger partial charge in [0.25, 0.3) is 0 Å². The molecule has 1 rings (SSSR count). The van der Waals surface area contributed by atoms with E-state index in [0.29, 0.717) is 30.9 Å². The van der Waals surface area contributed by atoms with Crippen molar-refractivity contribution in [2.75, 3.05) is 26.2 Å². The maximum absolute atomic E-state index is 9.90. The molecule has 1 heterocycles. The topological polar surface area (TPSA) is 122 Å². The molecule has 0 radical (unpaired) electrons. The van der Waals surface area contributed by atoms with Crippen molar-refractivity contribution in [2.24, 2.45) is 5.92 Å². The molecule has 0 saturated carbocycles. The Hall–Kier alpha value is -1.91. The van der Waals surface area contributed by atoms with Gasteiger partial charge in [0.05, 0.1) is 6.07 Å². The van der Waals surface area contributed by atoms with Crippen LogP contribution in [0.15, 0.2) is 12.2 Å². The molecule has 1 fully saturated rings. The van der Waals surface area contributed by atoms with Gasteiger partial charge in [-0.25, -0.2) is 0 Å². The lowest BCUT2D eigenvalue weighted by Gasteiger charge is -2.31. The van der Waals surface area contributed by atoms with Crippen LogP contribution in [0.4, 0.5) is 0 Å². The van der Waals surface area contributed by atoms with E-state index in [4.69, 9.17) is 20.6 Å². The molecule has 3 N–H and O–H groups in total. The van der Waals surface area contributed by atoms with E-state index in [1.165, 1.54) is 0 Å². The van der Waals surface area contributed by atoms with Gasteiger partial charge in [-0.05, 0) is 38.1 Å². The predicted octanol–water partition coefficient (Wildman–Crippen LogP) is 1.49. The Kier molecular flexibility index (Phi) is 11.6. The zero-order valence-corrected chi connectivity index (χ0v) is 13.4. The highest BCUT2D eigenvalue weighted by molar-refractivity contribution is 5.67. The first-order chi connectivity index (χ1) is 10.9. The summed E-state index contributed by atoms with van der Waals surface area (Å²) < 4.78 is 0. The van der Waals surface area contributed by atoms with Crippen LogP contribution in [0.3, 0.4) is 0 Å². The third-order valence-corrected chi connectivity index (χ3v) is 3.47. The molecular formula is C16H26N2O5. The van der Waals surface area contributed by atoms with Crippen molar-refractivity contribution >= 4 is 11.9 Å².